The number of carbonyl (C=O) groups excluding carboxylic acids is 1. The molecule has 2 rings (SSSR count). The topological polar surface area (TPSA) is 50.4 Å². The minimum absolute atomic E-state index is 0.0537. The second kappa shape index (κ2) is 5.36. The third-order valence-corrected chi connectivity index (χ3v) is 4.17. The Kier molecular flexibility index (Phi) is 4.05. The molecule has 1 saturated heterocycles. The molecular weight excluding hydrogens is 216 g/mol. The van der Waals surface area contributed by atoms with E-state index in [-0.39, 0.29) is 12.0 Å². The SMILES string of the molecule is CC(C)C1(CNC(=O)CC2CNCCO2)CC1. The van der Waals surface area contributed by atoms with Gasteiger partial charge < -0.3 is 15.4 Å². The Hall–Kier alpha value is -0.610. The van der Waals surface area contributed by atoms with Crippen LogP contribution in [-0.4, -0.2) is 38.3 Å². The number of carbonyl (C=O) groups is 1. The maximum Gasteiger partial charge on any atom is 0.222 e. The lowest BCUT2D eigenvalue weighted by Gasteiger charge is -2.24. The Morgan fingerprint density at radius 1 is 1.53 bits per heavy atom. The number of hydrogen-bond acceptors (Lipinski definition) is 3. The molecule has 0 spiro atoms. The summed E-state index contributed by atoms with van der Waals surface area (Å²) in [5, 5.41) is 6.31. The summed E-state index contributed by atoms with van der Waals surface area (Å²) in [4.78, 5) is 11.8. The summed E-state index contributed by atoms with van der Waals surface area (Å²) in [5.41, 5.74) is 0.390. The first-order chi connectivity index (χ1) is 8.12. The van der Waals surface area contributed by atoms with Gasteiger partial charge in [0, 0.05) is 19.6 Å². The van der Waals surface area contributed by atoms with E-state index in [1.54, 1.807) is 0 Å². The van der Waals surface area contributed by atoms with Gasteiger partial charge in [-0.3, -0.25) is 4.79 Å². The summed E-state index contributed by atoms with van der Waals surface area (Å²) >= 11 is 0. The number of rotatable bonds is 5. The van der Waals surface area contributed by atoms with Crippen molar-refractivity contribution < 1.29 is 9.53 Å². The molecule has 1 aliphatic heterocycles. The smallest absolute Gasteiger partial charge is 0.222 e. The van der Waals surface area contributed by atoms with E-state index < -0.39 is 0 Å². The number of amides is 1. The van der Waals surface area contributed by atoms with Crippen molar-refractivity contribution in [3.8, 4) is 0 Å². The van der Waals surface area contributed by atoms with E-state index in [1.807, 2.05) is 0 Å². The van der Waals surface area contributed by atoms with Crippen LogP contribution in [0.15, 0.2) is 0 Å². The third kappa shape index (κ3) is 3.42. The molecule has 1 amide bonds. The van der Waals surface area contributed by atoms with Gasteiger partial charge in [-0.25, -0.2) is 0 Å². The van der Waals surface area contributed by atoms with Crippen LogP contribution < -0.4 is 10.6 Å². The summed E-state index contributed by atoms with van der Waals surface area (Å²) in [6, 6.07) is 0. The highest BCUT2D eigenvalue weighted by atomic mass is 16.5. The molecule has 2 fully saturated rings. The minimum Gasteiger partial charge on any atom is -0.375 e. The third-order valence-electron chi connectivity index (χ3n) is 4.17. The molecule has 1 aliphatic carbocycles. The molecule has 2 aliphatic rings. The van der Waals surface area contributed by atoms with Crippen LogP contribution in [0.5, 0.6) is 0 Å². The predicted octanol–water partition coefficient (Wildman–Crippen LogP) is 0.917. The van der Waals surface area contributed by atoms with Crippen LogP contribution in [0, 0.1) is 11.3 Å². The van der Waals surface area contributed by atoms with E-state index in [0.29, 0.717) is 24.4 Å². The molecule has 17 heavy (non-hydrogen) atoms. The number of ether oxygens (including phenoxy) is 1. The van der Waals surface area contributed by atoms with Crippen LogP contribution in [0.25, 0.3) is 0 Å². The Balaban J connectivity index is 1.67. The fourth-order valence-electron chi connectivity index (χ4n) is 2.42. The van der Waals surface area contributed by atoms with E-state index in [1.165, 1.54) is 12.8 Å². The first-order valence-electron chi connectivity index (χ1n) is 6.71. The average molecular weight is 240 g/mol. The largest absolute Gasteiger partial charge is 0.375 e. The van der Waals surface area contributed by atoms with E-state index >= 15 is 0 Å². The van der Waals surface area contributed by atoms with Crippen LogP contribution in [0.1, 0.15) is 33.1 Å². The summed E-state index contributed by atoms with van der Waals surface area (Å²) in [5.74, 6) is 0.793. The molecular formula is C13H24N2O2. The highest BCUT2D eigenvalue weighted by Gasteiger charge is 2.45. The minimum atomic E-state index is 0.0537. The highest BCUT2D eigenvalue weighted by molar-refractivity contribution is 5.76. The molecule has 0 bridgehead atoms. The second-order valence-electron chi connectivity index (χ2n) is 5.69. The van der Waals surface area contributed by atoms with Gasteiger partial charge in [0.25, 0.3) is 0 Å². The number of morpholine rings is 1. The summed E-state index contributed by atoms with van der Waals surface area (Å²) in [6.07, 6.45) is 3.05. The van der Waals surface area contributed by atoms with Crippen molar-refractivity contribution in [3.05, 3.63) is 0 Å². The summed E-state index contributed by atoms with van der Waals surface area (Å²) in [6.45, 7) is 7.73. The lowest BCUT2D eigenvalue weighted by Crippen LogP contribution is -2.42. The lowest BCUT2D eigenvalue weighted by atomic mass is 9.92. The molecule has 1 saturated carbocycles. The molecule has 4 nitrogen and oxygen atoms in total. The van der Waals surface area contributed by atoms with Gasteiger partial charge in [0.2, 0.25) is 5.91 Å². The molecule has 1 unspecified atom stereocenters. The average Bonchev–Trinajstić information content (AvgIpc) is 3.09. The van der Waals surface area contributed by atoms with E-state index in [0.717, 1.165) is 19.6 Å². The quantitative estimate of drug-likeness (QED) is 0.751. The van der Waals surface area contributed by atoms with Crippen LogP contribution >= 0.6 is 0 Å². The zero-order valence-corrected chi connectivity index (χ0v) is 10.9. The molecule has 1 atom stereocenters. The van der Waals surface area contributed by atoms with Crippen molar-refractivity contribution in [1.82, 2.24) is 10.6 Å². The van der Waals surface area contributed by atoms with Gasteiger partial charge in [0.15, 0.2) is 0 Å². The molecule has 98 valence electrons. The molecule has 0 aromatic rings. The maximum atomic E-state index is 11.8. The van der Waals surface area contributed by atoms with E-state index in [9.17, 15) is 4.79 Å². The summed E-state index contributed by atoms with van der Waals surface area (Å²) in [7, 11) is 0. The fraction of sp³-hybridized carbons (Fsp3) is 0.923. The van der Waals surface area contributed by atoms with Gasteiger partial charge in [-0.05, 0) is 24.2 Å². The standard InChI is InChI=1S/C13H24N2O2/c1-10(2)13(3-4-13)9-15-12(16)7-11-8-14-5-6-17-11/h10-11,14H,3-9H2,1-2H3,(H,15,16). The number of hydrogen-bond donors (Lipinski definition) is 2. The normalized spacial score (nSPS) is 26.9. The fourth-order valence-corrected chi connectivity index (χ4v) is 2.42. The Bertz CT molecular complexity index is 269. The molecule has 2 N–H and O–H groups in total. The van der Waals surface area contributed by atoms with Crippen LogP contribution in [0.3, 0.4) is 0 Å². The zero-order valence-electron chi connectivity index (χ0n) is 10.9. The molecule has 4 heteroatoms. The van der Waals surface area contributed by atoms with E-state index in [2.05, 4.69) is 24.5 Å². The van der Waals surface area contributed by atoms with Crippen molar-refractivity contribution in [2.75, 3.05) is 26.2 Å². The van der Waals surface area contributed by atoms with Gasteiger partial charge in [-0.15, -0.1) is 0 Å². The van der Waals surface area contributed by atoms with Crippen LogP contribution in [0.4, 0.5) is 0 Å². The molecule has 0 aromatic carbocycles. The van der Waals surface area contributed by atoms with Gasteiger partial charge in [-0.2, -0.15) is 0 Å². The summed E-state index contributed by atoms with van der Waals surface area (Å²) < 4.78 is 5.52. The monoisotopic (exact) mass is 240 g/mol. The van der Waals surface area contributed by atoms with Gasteiger partial charge in [0.05, 0.1) is 19.1 Å². The molecule has 0 aromatic heterocycles. The van der Waals surface area contributed by atoms with Gasteiger partial charge in [-0.1, -0.05) is 13.8 Å². The predicted molar refractivity (Wildman–Crippen MR) is 66.7 cm³/mol. The Labute approximate surface area is 103 Å². The Morgan fingerprint density at radius 3 is 2.82 bits per heavy atom. The highest BCUT2D eigenvalue weighted by Crippen LogP contribution is 2.51. The second-order valence-corrected chi connectivity index (χ2v) is 5.69. The first kappa shape index (κ1) is 12.8. The van der Waals surface area contributed by atoms with Gasteiger partial charge in [0.1, 0.15) is 0 Å². The maximum absolute atomic E-state index is 11.8. The molecule has 0 radical (unpaired) electrons. The van der Waals surface area contributed by atoms with Crippen molar-refractivity contribution in [1.29, 1.82) is 0 Å². The molecule has 1 heterocycles. The van der Waals surface area contributed by atoms with Crippen molar-refractivity contribution in [2.24, 2.45) is 11.3 Å². The van der Waals surface area contributed by atoms with Crippen LogP contribution in [-0.2, 0) is 9.53 Å². The van der Waals surface area contributed by atoms with Crippen molar-refractivity contribution >= 4 is 5.91 Å². The lowest BCUT2D eigenvalue weighted by molar-refractivity contribution is -0.124. The Morgan fingerprint density at radius 2 is 2.29 bits per heavy atom. The number of nitrogens with one attached hydrogen (secondary N) is 2. The van der Waals surface area contributed by atoms with Crippen molar-refractivity contribution in [3.63, 3.8) is 0 Å². The van der Waals surface area contributed by atoms with Crippen molar-refractivity contribution in [2.45, 2.75) is 39.2 Å². The van der Waals surface area contributed by atoms with Gasteiger partial charge >= 0.3 is 0 Å². The van der Waals surface area contributed by atoms with Crippen LogP contribution in [0.2, 0.25) is 0 Å². The van der Waals surface area contributed by atoms with E-state index in [4.69, 9.17) is 4.74 Å². The first-order valence-corrected chi connectivity index (χ1v) is 6.71. The zero-order chi connectivity index (χ0) is 12.3.